The van der Waals surface area contributed by atoms with E-state index in [1.165, 1.54) is 24.8 Å². The minimum absolute atomic E-state index is 0.367. The van der Waals surface area contributed by atoms with Crippen LogP contribution in [0.15, 0.2) is 24.5 Å². The maximum Gasteiger partial charge on any atom is 0.0315 e. The maximum absolute atomic E-state index is 5.79. The summed E-state index contributed by atoms with van der Waals surface area (Å²) in [7, 11) is 0. The van der Waals surface area contributed by atoms with Gasteiger partial charge in [-0.15, -0.1) is 0 Å². The summed E-state index contributed by atoms with van der Waals surface area (Å²) in [6, 6.07) is 5.06. The number of nitrogens with zero attached hydrogens (tertiary/aromatic N) is 1. The van der Waals surface area contributed by atoms with E-state index in [9.17, 15) is 0 Å². The van der Waals surface area contributed by atoms with E-state index >= 15 is 0 Å². The van der Waals surface area contributed by atoms with Gasteiger partial charge in [-0.25, -0.2) is 0 Å². The van der Waals surface area contributed by atoms with Gasteiger partial charge in [0, 0.05) is 24.5 Å². The number of nitrogens with one attached hydrogen (secondary N) is 1. The van der Waals surface area contributed by atoms with E-state index in [1.807, 2.05) is 18.5 Å². The Morgan fingerprint density at radius 1 is 1.56 bits per heavy atom. The van der Waals surface area contributed by atoms with Crippen LogP contribution >= 0.6 is 0 Å². The van der Waals surface area contributed by atoms with E-state index in [2.05, 4.69) is 23.3 Å². The molecule has 16 heavy (non-hydrogen) atoms. The molecule has 0 radical (unpaired) electrons. The van der Waals surface area contributed by atoms with Crippen LogP contribution in [-0.4, -0.2) is 17.6 Å². The Labute approximate surface area is 97.5 Å². The number of nitrogens with two attached hydrogens (primary N) is 1. The van der Waals surface area contributed by atoms with Crippen molar-refractivity contribution in [1.29, 1.82) is 0 Å². The summed E-state index contributed by atoms with van der Waals surface area (Å²) in [5, 5.41) is 3.68. The van der Waals surface area contributed by atoms with Gasteiger partial charge in [0.2, 0.25) is 0 Å². The van der Waals surface area contributed by atoms with Crippen molar-refractivity contribution in [3.05, 3.63) is 30.1 Å². The van der Waals surface area contributed by atoms with Gasteiger partial charge >= 0.3 is 0 Å². The largest absolute Gasteiger partial charge is 0.330 e. The number of aromatic nitrogens is 1. The van der Waals surface area contributed by atoms with Crippen molar-refractivity contribution < 1.29 is 0 Å². The summed E-state index contributed by atoms with van der Waals surface area (Å²) in [5.74, 6) is 0.652. The van der Waals surface area contributed by atoms with Crippen molar-refractivity contribution in [3.8, 4) is 0 Å². The Bertz CT molecular complexity index is 312. The van der Waals surface area contributed by atoms with E-state index in [1.54, 1.807) is 0 Å². The van der Waals surface area contributed by atoms with Crippen LogP contribution in [0.2, 0.25) is 0 Å². The summed E-state index contributed by atoms with van der Waals surface area (Å²) in [6.45, 7) is 3.00. The van der Waals surface area contributed by atoms with Crippen LogP contribution in [0, 0.1) is 5.92 Å². The summed E-state index contributed by atoms with van der Waals surface area (Å²) in [6.07, 6.45) is 7.58. The average molecular weight is 219 g/mol. The van der Waals surface area contributed by atoms with Gasteiger partial charge in [0.05, 0.1) is 0 Å². The van der Waals surface area contributed by atoms with Gasteiger partial charge in [0.25, 0.3) is 0 Å². The van der Waals surface area contributed by atoms with Crippen molar-refractivity contribution in [2.75, 3.05) is 6.54 Å². The second-order valence-corrected chi connectivity index (χ2v) is 4.71. The van der Waals surface area contributed by atoms with E-state index in [0.717, 1.165) is 6.54 Å². The van der Waals surface area contributed by atoms with Gasteiger partial charge in [-0.3, -0.25) is 4.98 Å². The molecule has 0 saturated heterocycles. The lowest BCUT2D eigenvalue weighted by molar-refractivity contribution is 0.373. The Hall–Kier alpha value is -0.930. The Balaban J connectivity index is 1.94. The molecule has 1 aliphatic rings. The monoisotopic (exact) mass is 219 g/mol. The Kier molecular flexibility index (Phi) is 3.91. The predicted molar refractivity (Wildman–Crippen MR) is 66.0 cm³/mol. The zero-order chi connectivity index (χ0) is 11.4. The van der Waals surface area contributed by atoms with Gasteiger partial charge in [0.1, 0.15) is 0 Å². The molecule has 1 saturated carbocycles. The normalized spacial score (nSPS) is 26.9. The molecule has 0 spiro atoms. The van der Waals surface area contributed by atoms with Gasteiger partial charge < -0.3 is 11.1 Å². The molecule has 3 unspecified atom stereocenters. The number of hydrogen-bond acceptors (Lipinski definition) is 3. The molecular weight excluding hydrogens is 198 g/mol. The van der Waals surface area contributed by atoms with Gasteiger partial charge in [0.15, 0.2) is 0 Å². The molecule has 2 rings (SSSR count). The Morgan fingerprint density at radius 3 is 3.12 bits per heavy atom. The fourth-order valence-corrected chi connectivity index (χ4v) is 2.59. The molecule has 0 aromatic carbocycles. The number of rotatable bonds is 4. The second kappa shape index (κ2) is 5.41. The molecule has 0 bridgehead atoms. The van der Waals surface area contributed by atoms with Gasteiger partial charge in [-0.2, -0.15) is 0 Å². The molecule has 1 aromatic heterocycles. The van der Waals surface area contributed by atoms with Crippen LogP contribution in [-0.2, 0) is 0 Å². The first-order valence-corrected chi connectivity index (χ1v) is 6.17. The summed E-state index contributed by atoms with van der Waals surface area (Å²) in [5.41, 5.74) is 7.04. The third-order valence-electron chi connectivity index (χ3n) is 3.61. The zero-order valence-electron chi connectivity index (χ0n) is 9.89. The lowest BCUT2D eigenvalue weighted by atomic mass is 10.0. The zero-order valence-corrected chi connectivity index (χ0v) is 9.89. The first-order valence-electron chi connectivity index (χ1n) is 6.17. The van der Waals surface area contributed by atoms with Crippen molar-refractivity contribution in [3.63, 3.8) is 0 Å². The second-order valence-electron chi connectivity index (χ2n) is 4.71. The molecule has 88 valence electrons. The lowest BCUT2D eigenvalue weighted by Gasteiger charge is -2.24. The van der Waals surface area contributed by atoms with Crippen LogP contribution in [0.25, 0.3) is 0 Å². The molecule has 1 fully saturated rings. The fourth-order valence-electron chi connectivity index (χ4n) is 2.59. The molecule has 1 aliphatic carbocycles. The highest BCUT2D eigenvalue weighted by Crippen LogP contribution is 2.26. The third kappa shape index (κ3) is 2.60. The third-order valence-corrected chi connectivity index (χ3v) is 3.61. The molecule has 3 atom stereocenters. The molecule has 3 nitrogen and oxygen atoms in total. The van der Waals surface area contributed by atoms with Crippen molar-refractivity contribution >= 4 is 0 Å². The average Bonchev–Trinajstić information content (AvgIpc) is 2.77. The van der Waals surface area contributed by atoms with Crippen molar-refractivity contribution in [1.82, 2.24) is 10.3 Å². The minimum Gasteiger partial charge on any atom is -0.330 e. The quantitative estimate of drug-likeness (QED) is 0.812. The van der Waals surface area contributed by atoms with Gasteiger partial charge in [-0.05, 0) is 43.9 Å². The molecule has 3 N–H and O–H groups in total. The SMILES string of the molecule is CC(NC1CCCC1CN)c1cccnc1. The molecule has 0 aliphatic heterocycles. The molecule has 0 amide bonds. The van der Waals surface area contributed by atoms with E-state index in [-0.39, 0.29) is 0 Å². The lowest BCUT2D eigenvalue weighted by Crippen LogP contribution is -2.37. The van der Waals surface area contributed by atoms with E-state index in [0.29, 0.717) is 18.0 Å². The van der Waals surface area contributed by atoms with Crippen LogP contribution in [0.3, 0.4) is 0 Å². The highest BCUT2D eigenvalue weighted by molar-refractivity contribution is 5.13. The molecule has 3 heteroatoms. The molecule has 1 heterocycles. The first-order chi connectivity index (χ1) is 7.81. The molecule has 1 aromatic rings. The first kappa shape index (κ1) is 11.6. The van der Waals surface area contributed by atoms with Crippen LogP contribution in [0.4, 0.5) is 0 Å². The van der Waals surface area contributed by atoms with Crippen LogP contribution < -0.4 is 11.1 Å². The molecular formula is C13H21N3. The maximum atomic E-state index is 5.79. The van der Waals surface area contributed by atoms with Crippen molar-refractivity contribution in [2.45, 2.75) is 38.3 Å². The van der Waals surface area contributed by atoms with Gasteiger partial charge in [-0.1, -0.05) is 12.5 Å². The van der Waals surface area contributed by atoms with Crippen molar-refractivity contribution in [2.24, 2.45) is 11.7 Å². The predicted octanol–water partition coefficient (Wildman–Crippen LogP) is 1.86. The number of hydrogen-bond donors (Lipinski definition) is 2. The summed E-state index contributed by atoms with van der Waals surface area (Å²) >= 11 is 0. The van der Waals surface area contributed by atoms with E-state index < -0.39 is 0 Å². The van der Waals surface area contributed by atoms with E-state index in [4.69, 9.17) is 5.73 Å². The standard InChI is InChI=1S/C13H21N3/c1-10(12-5-3-7-15-9-12)16-13-6-2-4-11(13)8-14/h3,5,7,9-11,13,16H,2,4,6,8,14H2,1H3. The highest BCUT2D eigenvalue weighted by Gasteiger charge is 2.27. The summed E-state index contributed by atoms with van der Waals surface area (Å²) in [4.78, 5) is 4.15. The summed E-state index contributed by atoms with van der Waals surface area (Å²) < 4.78 is 0. The smallest absolute Gasteiger partial charge is 0.0315 e. The Morgan fingerprint density at radius 2 is 2.44 bits per heavy atom. The fraction of sp³-hybridized carbons (Fsp3) is 0.615. The topological polar surface area (TPSA) is 50.9 Å². The highest BCUT2D eigenvalue weighted by atomic mass is 15.0. The number of pyridine rings is 1. The van der Waals surface area contributed by atoms with Crippen LogP contribution in [0.5, 0.6) is 0 Å². The minimum atomic E-state index is 0.367. The van der Waals surface area contributed by atoms with Crippen LogP contribution in [0.1, 0.15) is 37.8 Å².